The zero-order chi connectivity index (χ0) is 18.3. The van der Waals surface area contributed by atoms with E-state index < -0.39 is 5.92 Å². The Morgan fingerprint density at radius 3 is 2.38 bits per heavy atom. The monoisotopic (exact) mass is 358 g/mol. The van der Waals surface area contributed by atoms with Crippen molar-refractivity contribution in [3.8, 4) is 17.9 Å². The molecular formula is C20H14N4OS. The molecule has 4 rings (SSSR count). The van der Waals surface area contributed by atoms with Crippen molar-refractivity contribution in [3.05, 3.63) is 76.1 Å². The molecule has 0 unspecified atom stereocenters. The maximum absolute atomic E-state index is 9.90. The number of allylic oxidation sites excluding steroid dienone is 2. The van der Waals surface area contributed by atoms with Gasteiger partial charge in [0.25, 0.3) is 0 Å². The molecular weight excluding hydrogens is 344 g/mol. The van der Waals surface area contributed by atoms with Crippen LogP contribution in [0, 0.1) is 22.7 Å². The Morgan fingerprint density at radius 2 is 1.73 bits per heavy atom. The normalized spacial score (nSPS) is 18.1. The molecule has 2 aromatic rings. The highest BCUT2D eigenvalue weighted by Gasteiger charge is 2.40. The van der Waals surface area contributed by atoms with Crippen molar-refractivity contribution in [1.29, 1.82) is 10.5 Å². The van der Waals surface area contributed by atoms with E-state index in [2.05, 4.69) is 12.1 Å². The van der Waals surface area contributed by atoms with Crippen LogP contribution in [0.15, 0.2) is 75.4 Å². The third-order valence-corrected chi connectivity index (χ3v) is 5.69. The van der Waals surface area contributed by atoms with Crippen LogP contribution < -0.4 is 15.4 Å². The number of methoxy groups -OCH3 is 1. The summed E-state index contributed by atoms with van der Waals surface area (Å²) >= 11 is 1.51. The zero-order valence-corrected chi connectivity index (χ0v) is 14.7. The number of anilines is 1. The fourth-order valence-electron chi connectivity index (χ4n) is 3.30. The van der Waals surface area contributed by atoms with Crippen LogP contribution >= 0.6 is 11.8 Å². The Bertz CT molecular complexity index is 1040. The standard InChI is InChI=1S/C20H14N4OS/c1-25-13-8-6-12(7-9-13)18-14(10-21)19(23)24-16-4-2-3-5-17(16)26-20(24)15(18)11-22/h2-9,18H,23H2,1H3/t18-/m1/s1. The lowest BCUT2D eigenvalue weighted by molar-refractivity contribution is 0.414. The maximum Gasteiger partial charge on any atom is 0.123 e. The van der Waals surface area contributed by atoms with Crippen LogP contribution in [-0.2, 0) is 0 Å². The van der Waals surface area contributed by atoms with E-state index in [1.54, 1.807) is 7.11 Å². The molecule has 2 N–H and O–H groups in total. The molecule has 2 aliphatic heterocycles. The van der Waals surface area contributed by atoms with Gasteiger partial charge in [0.05, 0.1) is 42.0 Å². The van der Waals surface area contributed by atoms with Crippen LogP contribution in [0.25, 0.3) is 0 Å². The molecule has 0 amide bonds. The van der Waals surface area contributed by atoms with E-state index in [9.17, 15) is 10.5 Å². The molecule has 0 saturated carbocycles. The lowest BCUT2D eigenvalue weighted by Crippen LogP contribution is -2.32. The molecule has 0 aromatic heterocycles. The van der Waals surface area contributed by atoms with Gasteiger partial charge >= 0.3 is 0 Å². The molecule has 0 aliphatic carbocycles. The van der Waals surface area contributed by atoms with Gasteiger partial charge in [-0.3, -0.25) is 4.90 Å². The number of hydrogen-bond donors (Lipinski definition) is 1. The second kappa shape index (κ2) is 6.18. The van der Waals surface area contributed by atoms with Gasteiger partial charge in [0.2, 0.25) is 0 Å². The van der Waals surface area contributed by atoms with Gasteiger partial charge < -0.3 is 10.5 Å². The second-order valence-corrected chi connectivity index (χ2v) is 6.88. The topological polar surface area (TPSA) is 86.1 Å². The molecule has 0 fully saturated rings. The number of ether oxygens (including phenoxy) is 1. The van der Waals surface area contributed by atoms with Crippen molar-refractivity contribution in [2.75, 3.05) is 12.0 Å². The van der Waals surface area contributed by atoms with E-state index in [1.807, 2.05) is 53.4 Å². The first-order valence-electron chi connectivity index (χ1n) is 7.94. The van der Waals surface area contributed by atoms with E-state index in [0.29, 0.717) is 17.0 Å². The van der Waals surface area contributed by atoms with Gasteiger partial charge in [-0.2, -0.15) is 10.5 Å². The first kappa shape index (κ1) is 16.1. The van der Waals surface area contributed by atoms with Crippen molar-refractivity contribution in [2.45, 2.75) is 10.8 Å². The Morgan fingerprint density at radius 1 is 1.04 bits per heavy atom. The minimum absolute atomic E-state index is 0.375. The molecule has 5 nitrogen and oxygen atoms in total. The Labute approximate surface area is 155 Å². The number of nitrogens with two attached hydrogens (primary N) is 1. The number of para-hydroxylation sites is 1. The van der Waals surface area contributed by atoms with Crippen LogP contribution in [0.1, 0.15) is 11.5 Å². The predicted molar refractivity (Wildman–Crippen MR) is 100.0 cm³/mol. The van der Waals surface area contributed by atoms with Gasteiger partial charge in [0, 0.05) is 4.90 Å². The largest absolute Gasteiger partial charge is 0.497 e. The van der Waals surface area contributed by atoms with Gasteiger partial charge in [-0.15, -0.1) is 0 Å². The fourth-order valence-corrected chi connectivity index (χ4v) is 4.48. The molecule has 1 atom stereocenters. The number of hydrogen-bond acceptors (Lipinski definition) is 6. The number of nitrogens with zero attached hydrogens (tertiary/aromatic N) is 3. The van der Waals surface area contributed by atoms with E-state index in [0.717, 1.165) is 26.9 Å². The number of nitriles is 2. The third-order valence-electron chi connectivity index (χ3n) is 4.53. The molecule has 2 heterocycles. The highest BCUT2D eigenvalue weighted by Crippen LogP contribution is 2.54. The first-order chi connectivity index (χ1) is 12.7. The number of thioether (sulfide) groups is 1. The van der Waals surface area contributed by atoms with Crippen molar-refractivity contribution >= 4 is 17.4 Å². The molecule has 0 radical (unpaired) electrons. The third kappa shape index (κ3) is 2.24. The highest BCUT2D eigenvalue weighted by molar-refractivity contribution is 8.03. The average Bonchev–Trinajstić information content (AvgIpc) is 3.07. The van der Waals surface area contributed by atoms with Crippen molar-refractivity contribution in [1.82, 2.24) is 0 Å². The summed E-state index contributed by atoms with van der Waals surface area (Å²) in [6, 6.07) is 19.7. The van der Waals surface area contributed by atoms with E-state index in [4.69, 9.17) is 10.5 Å². The van der Waals surface area contributed by atoms with Gasteiger partial charge in [-0.05, 0) is 29.8 Å². The highest BCUT2D eigenvalue weighted by atomic mass is 32.2. The Kier molecular flexibility index (Phi) is 3.84. The van der Waals surface area contributed by atoms with E-state index >= 15 is 0 Å². The molecule has 26 heavy (non-hydrogen) atoms. The number of rotatable bonds is 2. The average molecular weight is 358 g/mol. The van der Waals surface area contributed by atoms with Gasteiger partial charge in [-0.25, -0.2) is 0 Å². The van der Waals surface area contributed by atoms with Crippen LogP contribution in [0.2, 0.25) is 0 Å². The fraction of sp³-hybridized carbons (Fsp3) is 0.100. The quantitative estimate of drug-likeness (QED) is 0.878. The molecule has 126 valence electrons. The van der Waals surface area contributed by atoms with E-state index in [-0.39, 0.29) is 0 Å². The summed E-state index contributed by atoms with van der Waals surface area (Å²) in [5.41, 5.74) is 9.04. The van der Waals surface area contributed by atoms with Gasteiger partial charge in [0.15, 0.2) is 0 Å². The SMILES string of the molecule is COc1ccc([C@@H]2C(C#N)=C(N)N3C(=C2C#N)Sc2ccccc23)cc1. The van der Waals surface area contributed by atoms with Crippen LogP contribution in [-0.4, -0.2) is 7.11 Å². The molecule has 0 spiro atoms. The van der Waals surface area contributed by atoms with Crippen LogP contribution in [0.5, 0.6) is 5.75 Å². The summed E-state index contributed by atoms with van der Waals surface area (Å²) in [6.45, 7) is 0. The lowest BCUT2D eigenvalue weighted by atomic mass is 9.83. The summed E-state index contributed by atoms with van der Waals surface area (Å²) in [5.74, 6) is 0.610. The smallest absolute Gasteiger partial charge is 0.123 e. The summed E-state index contributed by atoms with van der Waals surface area (Å²) in [6.07, 6.45) is 0. The number of fused-ring (bicyclic) bond motifs is 3. The van der Waals surface area contributed by atoms with Crippen molar-refractivity contribution in [3.63, 3.8) is 0 Å². The van der Waals surface area contributed by atoms with Gasteiger partial charge in [-0.1, -0.05) is 36.0 Å². The maximum atomic E-state index is 9.90. The molecule has 0 bridgehead atoms. The molecule has 2 aromatic carbocycles. The molecule has 6 heteroatoms. The van der Waals surface area contributed by atoms with Crippen molar-refractivity contribution < 1.29 is 4.74 Å². The summed E-state index contributed by atoms with van der Waals surface area (Å²) in [5, 5.41) is 20.5. The van der Waals surface area contributed by atoms with Crippen LogP contribution in [0.3, 0.4) is 0 Å². The second-order valence-electron chi connectivity index (χ2n) is 5.85. The predicted octanol–water partition coefficient (Wildman–Crippen LogP) is 3.83. The van der Waals surface area contributed by atoms with Gasteiger partial charge in [0.1, 0.15) is 16.6 Å². The summed E-state index contributed by atoms with van der Waals surface area (Å²) in [7, 11) is 1.60. The van der Waals surface area contributed by atoms with Crippen molar-refractivity contribution in [2.24, 2.45) is 5.73 Å². The first-order valence-corrected chi connectivity index (χ1v) is 8.76. The zero-order valence-electron chi connectivity index (χ0n) is 13.9. The lowest BCUT2D eigenvalue weighted by Gasteiger charge is -2.31. The van der Waals surface area contributed by atoms with E-state index in [1.165, 1.54) is 11.8 Å². The van der Waals surface area contributed by atoms with Crippen LogP contribution in [0.4, 0.5) is 5.69 Å². The Hall–Kier alpha value is -3.35. The summed E-state index contributed by atoms with van der Waals surface area (Å²) in [4.78, 5) is 2.84. The molecule has 2 aliphatic rings. The minimum atomic E-state index is -0.482. The number of benzene rings is 2. The summed E-state index contributed by atoms with van der Waals surface area (Å²) < 4.78 is 5.20. The Balaban J connectivity index is 1.92. The molecule has 0 saturated heterocycles. The minimum Gasteiger partial charge on any atom is -0.497 e.